The molecule has 2 aromatic heterocycles. The van der Waals surface area contributed by atoms with Crippen LogP contribution in [0, 0.1) is 5.92 Å². The summed E-state index contributed by atoms with van der Waals surface area (Å²) in [5.74, 6) is 0.772. The molecule has 1 atom stereocenters. The molecule has 0 saturated carbocycles. The zero-order chi connectivity index (χ0) is 16.7. The maximum absolute atomic E-state index is 12.6. The number of hydrogen-bond donors (Lipinski definition) is 3. The molecule has 1 aliphatic carbocycles. The first kappa shape index (κ1) is 14.9. The van der Waals surface area contributed by atoms with Crippen LogP contribution in [0.4, 0.5) is 5.69 Å². The second kappa shape index (κ2) is 5.76. The van der Waals surface area contributed by atoms with Crippen molar-refractivity contribution in [2.24, 2.45) is 18.7 Å². The number of H-pyrrole nitrogens is 1. The van der Waals surface area contributed by atoms with Gasteiger partial charge in [0.2, 0.25) is 5.91 Å². The number of aromatic nitrogens is 4. The van der Waals surface area contributed by atoms with E-state index in [1.807, 2.05) is 36.1 Å². The molecule has 24 heavy (non-hydrogen) atoms. The molecule has 7 heteroatoms. The molecule has 1 amide bonds. The molecule has 0 radical (unpaired) electrons. The topological polar surface area (TPSA) is 102 Å². The van der Waals surface area contributed by atoms with E-state index in [4.69, 9.17) is 5.73 Å². The van der Waals surface area contributed by atoms with E-state index >= 15 is 0 Å². The van der Waals surface area contributed by atoms with Crippen LogP contribution in [0.2, 0.25) is 0 Å². The summed E-state index contributed by atoms with van der Waals surface area (Å²) in [6.45, 7) is 0.367. The van der Waals surface area contributed by atoms with Gasteiger partial charge < -0.3 is 16.0 Å². The number of amides is 1. The summed E-state index contributed by atoms with van der Waals surface area (Å²) in [5.41, 5.74) is 10.5. The SMILES string of the molecule is Cn1ncc2c1CC(C(=O)Nc1ccc3nc(CN)[nH]c3c1)CC2. The smallest absolute Gasteiger partial charge is 0.227 e. The van der Waals surface area contributed by atoms with Gasteiger partial charge in [0.25, 0.3) is 0 Å². The lowest BCUT2D eigenvalue weighted by molar-refractivity contribution is -0.120. The fourth-order valence-electron chi connectivity index (χ4n) is 3.35. The number of fused-ring (bicyclic) bond motifs is 2. The standard InChI is InChI=1S/C17H20N6O/c1-23-15-6-10(2-3-11(15)9-19-23)17(24)20-12-4-5-13-14(7-12)22-16(8-18)21-13/h4-5,7,9-10H,2-3,6,8,18H2,1H3,(H,20,24)(H,21,22). The normalized spacial score (nSPS) is 17.0. The highest BCUT2D eigenvalue weighted by atomic mass is 16.1. The lowest BCUT2D eigenvalue weighted by Crippen LogP contribution is -2.28. The molecule has 0 saturated heterocycles. The Kier molecular flexibility index (Phi) is 3.57. The van der Waals surface area contributed by atoms with Crippen molar-refractivity contribution in [2.45, 2.75) is 25.8 Å². The van der Waals surface area contributed by atoms with Crippen LogP contribution in [0.15, 0.2) is 24.4 Å². The number of carbonyl (C=O) groups excluding carboxylic acids is 1. The zero-order valence-corrected chi connectivity index (χ0v) is 13.5. The molecule has 4 rings (SSSR count). The van der Waals surface area contributed by atoms with Gasteiger partial charge in [0.15, 0.2) is 0 Å². The lowest BCUT2D eigenvalue weighted by atomic mass is 9.87. The maximum atomic E-state index is 12.6. The van der Waals surface area contributed by atoms with Gasteiger partial charge in [-0.05, 0) is 36.6 Å². The highest BCUT2D eigenvalue weighted by molar-refractivity contribution is 5.94. The fourth-order valence-corrected chi connectivity index (χ4v) is 3.35. The minimum Gasteiger partial charge on any atom is -0.341 e. The summed E-state index contributed by atoms with van der Waals surface area (Å²) in [5, 5.41) is 7.31. The summed E-state index contributed by atoms with van der Waals surface area (Å²) in [6, 6.07) is 5.66. The fraction of sp³-hybridized carbons (Fsp3) is 0.353. The molecule has 2 heterocycles. The predicted molar refractivity (Wildman–Crippen MR) is 91.3 cm³/mol. The Labute approximate surface area is 139 Å². The number of aromatic amines is 1. The summed E-state index contributed by atoms with van der Waals surface area (Å²) in [4.78, 5) is 20.1. The monoisotopic (exact) mass is 324 g/mol. The molecule has 0 bridgehead atoms. The average molecular weight is 324 g/mol. The summed E-state index contributed by atoms with van der Waals surface area (Å²) < 4.78 is 1.87. The van der Waals surface area contributed by atoms with Crippen LogP contribution in [0.25, 0.3) is 11.0 Å². The molecular weight excluding hydrogens is 304 g/mol. The number of hydrogen-bond acceptors (Lipinski definition) is 4. The van der Waals surface area contributed by atoms with Gasteiger partial charge in [0, 0.05) is 30.8 Å². The van der Waals surface area contributed by atoms with E-state index in [1.54, 1.807) is 0 Å². The predicted octanol–water partition coefficient (Wildman–Crippen LogP) is 1.50. The third-order valence-electron chi connectivity index (χ3n) is 4.71. The molecule has 1 aromatic carbocycles. The summed E-state index contributed by atoms with van der Waals surface area (Å²) in [6.07, 6.45) is 4.40. The Balaban J connectivity index is 1.51. The Morgan fingerprint density at radius 1 is 1.50 bits per heavy atom. The van der Waals surface area contributed by atoms with Gasteiger partial charge in [-0.2, -0.15) is 5.10 Å². The number of nitrogens with zero attached hydrogens (tertiary/aromatic N) is 3. The Morgan fingerprint density at radius 2 is 2.38 bits per heavy atom. The number of nitrogens with two attached hydrogens (primary N) is 1. The van der Waals surface area contributed by atoms with E-state index < -0.39 is 0 Å². The second-order valence-electron chi connectivity index (χ2n) is 6.29. The minimum absolute atomic E-state index is 0.0232. The molecule has 124 valence electrons. The summed E-state index contributed by atoms with van der Waals surface area (Å²) >= 11 is 0. The number of aryl methyl sites for hydroxylation is 2. The van der Waals surface area contributed by atoms with Gasteiger partial charge in [-0.3, -0.25) is 9.48 Å². The van der Waals surface area contributed by atoms with Crippen molar-refractivity contribution in [1.82, 2.24) is 19.7 Å². The zero-order valence-electron chi connectivity index (χ0n) is 13.5. The quantitative estimate of drug-likeness (QED) is 0.679. The van der Waals surface area contributed by atoms with Crippen molar-refractivity contribution >= 4 is 22.6 Å². The van der Waals surface area contributed by atoms with Crippen LogP contribution in [-0.4, -0.2) is 25.7 Å². The van der Waals surface area contributed by atoms with Gasteiger partial charge >= 0.3 is 0 Å². The molecule has 0 aliphatic heterocycles. The first-order valence-corrected chi connectivity index (χ1v) is 8.13. The highest BCUT2D eigenvalue weighted by Gasteiger charge is 2.27. The van der Waals surface area contributed by atoms with Crippen molar-refractivity contribution in [3.05, 3.63) is 41.5 Å². The molecule has 0 fully saturated rings. The van der Waals surface area contributed by atoms with Crippen LogP contribution < -0.4 is 11.1 Å². The van der Waals surface area contributed by atoms with Crippen molar-refractivity contribution in [3.8, 4) is 0 Å². The first-order chi connectivity index (χ1) is 11.6. The Bertz CT molecular complexity index is 909. The maximum Gasteiger partial charge on any atom is 0.227 e. The number of rotatable bonds is 3. The second-order valence-corrected chi connectivity index (χ2v) is 6.29. The molecular formula is C17H20N6O. The minimum atomic E-state index is -0.0232. The number of carbonyl (C=O) groups is 1. The van der Waals surface area contributed by atoms with Crippen LogP contribution >= 0.6 is 0 Å². The Hall–Kier alpha value is -2.67. The van der Waals surface area contributed by atoms with Crippen LogP contribution in [-0.2, 0) is 31.2 Å². The van der Waals surface area contributed by atoms with Gasteiger partial charge in [0.05, 0.1) is 23.8 Å². The average Bonchev–Trinajstić information content (AvgIpc) is 3.17. The third-order valence-corrected chi connectivity index (χ3v) is 4.71. The van der Waals surface area contributed by atoms with Gasteiger partial charge in [-0.1, -0.05) is 0 Å². The molecule has 1 aliphatic rings. The molecule has 7 nitrogen and oxygen atoms in total. The van der Waals surface area contributed by atoms with E-state index in [-0.39, 0.29) is 11.8 Å². The molecule has 3 aromatic rings. The number of imidazole rings is 1. The lowest BCUT2D eigenvalue weighted by Gasteiger charge is -2.22. The molecule has 0 spiro atoms. The van der Waals surface area contributed by atoms with E-state index in [0.717, 1.165) is 47.5 Å². The van der Waals surface area contributed by atoms with Crippen molar-refractivity contribution in [1.29, 1.82) is 0 Å². The summed E-state index contributed by atoms with van der Waals surface area (Å²) in [7, 11) is 1.93. The molecule has 1 unspecified atom stereocenters. The van der Waals surface area contributed by atoms with Crippen LogP contribution in [0.1, 0.15) is 23.5 Å². The number of nitrogens with one attached hydrogen (secondary N) is 2. The van der Waals surface area contributed by atoms with Crippen LogP contribution in [0.5, 0.6) is 0 Å². The number of anilines is 1. The highest BCUT2D eigenvalue weighted by Crippen LogP contribution is 2.26. The Morgan fingerprint density at radius 3 is 3.21 bits per heavy atom. The molecule has 4 N–H and O–H groups in total. The van der Waals surface area contributed by atoms with Crippen molar-refractivity contribution in [3.63, 3.8) is 0 Å². The van der Waals surface area contributed by atoms with Gasteiger partial charge in [-0.25, -0.2) is 4.98 Å². The largest absolute Gasteiger partial charge is 0.341 e. The van der Waals surface area contributed by atoms with E-state index in [0.29, 0.717) is 6.54 Å². The van der Waals surface area contributed by atoms with Crippen molar-refractivity contribution in [2.75, 3.05) is 5.32 Å². The first-order valence-electron chi connectivity index (χ1n) is 8.13. The number of benzene rings is 1. The third kappa shape index (κ3) is 2.56. The van der Waals surface area contributed by atoms with Crippen LogP contribution in [0.3, 0.4) is 0 Å². The van der Waals surface area contributed by atoms with Gasteiger partial charge in [-0.15, -0.1) is 0 Å². The van der Waals surface area contributed by atoms with Crippen molar-refractivity contribution < 1.29 is 4.79 Å². The van der Waals surface area contributed by atoms with E-state index in [1.165, 1.54) is 5.56 Å². The van der Waals surface area contributed by atoms with E-state index in [2.05, 4.69) is 20.4 Å². The van der Waals surface area contributed by atoms with E-state index in [9.17, 15) is 4.79 Å². The van der Waals surface area contributed by atoms with Gasteiger partial charge in [0.1, 0.15) is 5.82 Å².